The van der Waals surface area contributed by atoms with Gasteiger partial charge in [-0.15, -0.1) is 11.6 Å². The molecular formula is C10H17ClO3. The van der Waals surface area contributed by atoms with Gasteiger partial charge in [0.05, 0.1) is 19.3 Å². The summed E-state index contributed by atoms with van der Waals surface area (Å²) in [7, 11) is 1.37. The Morgan fingerprint density at radius 3 is 2.71 bits per heavy atom. The van der Waals surface area contributed by atoms with Crippen LogP contribution in [0.5, 0.6) is 0 Å². The van der Waals surface area contributed by atoms with Gasteiger partial charge in [-0.3, -0.25) is 4.79 Å². The second kappa shape index (κ2) is 7.68. The number of esters is 1. The Morgan fingerprint density at radius 2 is 2.29 bits per heavy atom. The van der Waals surface area contributed by atoms with Gasteiger partial charge in [0.25, 0.3) is 0 Å². The zero-order valence-corrected chi connectivity index (χ0v) is 9.42. The maximum Gasteiger partial charge on any atom is 0.312 e. The Balaban J connectivity index is 4.21. The highest BCUT2D eigenvalue weighted by molar-refractivity contribution is 6.17. The molecule has 4 heteroatoms. The Morgan fingerprint density at radius 1 is 1.64 bits per heavy atom. The summed E-state index contributed by atoms with van der Waals surface area (Å²) in [6.45, 7) is 5.27. The van der Waals surface area contributed by atoms with E-state index >= 15 is 0 Å². The molecular weight excluding hydrogens is 204 g/mol. The van der Waals surface area contributed by atoms with Crippen LogP contribution in [0.1, 0.15) is 19.8 Å². The molecule has 3 nitrogen and oxygen atoms in total. The van der Waals surface area contributed by atoms with Crippen LogP contribution >= 0.6 is 11.6 Å². The number of carbonyl (C=O) groups excluding carboxylic acids is 1. The van der Waals surface area contributed by atoms with Crippen LogP contribution in [0.4, 0.5) is 0 Å². The van der Waals surface area contributed by atoms with Gasteiger partial charge in [-0.05, 0) is 19.8 Å². The molecule has 0 aromatic rings. The number of alkyl halides is 1. The predicted molar refractivity (Wildman–Crippen MR) is 56.2 cm³/mol. The summed E-state index contributed by atoms with van der Waals surface area (Å²) in [5.74, 6) is 0.00936. The van der Waals surface area contributed by atoms with E-state index in [1.807, 2.05) is 6.92 Å². The minimum Gasteiger partial charge on any atom is -0.498 e. The fourth-order valence-corrected chi connectivity index (χ4v) is 1.39. The van der Waals surface area contributed by atoms with E-state index in [4.69, 9.17) is 16.3 Å². The van der Waals surface area contributed by atoms with Crippen LogP contribution < -0.4 is 0 Å². The van der Waals surface area contributed by atoms with Crippen LogP contribution in [-0.4, -0.2) is 25.1 Å². The van der Waals surface area contributed by atoms with E-state index in [0.717, 1.165) is 6.42 Å². The normalized spacial score (nSPS) is 14.2. The van der Waals surface area contributed by atoms with Gasteiger partial charge in [0.1, 0.15) is 6.10 Å². The Labute approximate surface area is 90.0 Å². The van der Waals surface area contributed by atoms with Gasteiger partial charge < -0.3 is 9.47 Å². The van der Waals surface area contributed by atoms with Crippen molar-refractivity contribution in [3.05, 3.63) is 12.8 Å². The third-order valence-electron chi connectivity index (χ3n) is 2.03. The SMILES string of the molecule is C=CO[C@@H](C)[C@@H](CCCCl)C(=O)OC. The van der Waals surface area contributed by atoms with Gasteiger partial charge in [0.15, 0.2) is 0 Å². The highest BCUT2D eigenvalue weighted by atomic mass is 35.5. The predicted octanol–water partition coefficient (Wildman–Crippen LogP) is 2.34. The van der Waals surface area contributed by atoms with Gasteiger partial charge in [-0.1, -0.05) is 6.58 Å². The molecule has 0 amide bonds. The monoisotopic (exact) mass is 220 g/mol. The van der Waals surface area contributed by atoms with Crippen molar-refractivity contribution in [2.24, 2.45) is 5.92 Å². The standard InChI is InChI=1S/C10H17ClO3/c1-4-14-8(2)9(6-5-7-11)10(12)13-3/h4,8-9H,1,5-7H2,2-3H3/t8-,9+/m0/s1. The number of carbonyl (C=O) groups is 1. The summed E-state index contributed by atoms with van der Waals surface area (Å²) in [5, 5.41) is 0. The lowest BCUT2D eigenvalue weighted by Crippen LogP contribution is -2.28. The van der Waals surface area contributed by atoms with Crippen LogP contribution in [0.3, 0.4) is 0 Å². The van der Waals surface area contributed by atoms with E-state index in [-0.39, 0.29) is 18.0 Å². The quantitative estimate of drug-likeness (QED) is 0.375. The van der Waals surface area contributed by atoms with E-state index in [1.54, 1.807) is 0 Å². The number of hydrogen-bond donors (Lipinski definition) is 0. The van der Waals surface area contributed by atoms with Gasteiger partial charge in [0.2, 0.25) is 0 Å². The molecule has 2 atom stereocenters. The maximum absolute atomic E-state index is 11.4. The van der Waals surface area contributed by atoms with Crippen molar-refractivity contribution in [2.45, 2.75) is 25.9 Å². The molecule has 0 rings (SSSR count). The molecule has 0 unspecified atom stereocenters. The van der Waals surface area contributed by atoms with Crippen molar-refractivity contribution in [2.75, 3.05) is 13.0 Å². The summed E-state index contributed by atoms with van der Waals surface area (Å²) < 4.78 is 9.82. The van der Waals surface area contributed by atoms with Crippen molar-refractivity contribution < 1.29 is 14.3 Å². The molecule has 0 saturated carbocycles. The smallest absolute Gasteiger partial charge is 0.312 e. The molecule has 0 aliphatic heterocycles. The van der Waals surface area contributed by atoms with Crippen LogP contribution in [0.25, 0.3) is 0 Å². The molecule has 0 aliphatic carbocycles. The van der Waals surface area contributed by atoms with Crippen LogP contribution in [0, 0.1) is 5.92 Å². The summed E-state index contributed by atoms with van der Waals surface area (Å²) in [6.07, 6.45) is 2.56. The summed E-state index contributed by atoms with van der Waals surface area (Å²) in [4.78, 5) is 11.4. The van der Waals surface area contributed by atoms with Gasteiger partial charge in [-0.2, -0.15) is 0 Å². The Hall–Kier alpha value is -0.700. The lowest BCUT2D eigenvalue weighted by molar-refractivity contribution is -0.149. The Kier molecular flexibility index (Phi) is 7.30. The third-order valence-corrected chi connectivity index (χ3v) is 2.30. The van der Waals surface area contributed by atoms with E-state index in [9.17, 15) is 4.79 Å². The number of methoxy groups -OCH3 is 1. The molecule has 0 saturated heterocycles. The lowest BCUT2D eigenvalue weighted by atomic mass is 9.98. The molecule has 82 valence electrons. The van der Waals surface area contributed by atoms with Gasteiger partial charge in [-0.25, -0.2) is 0 Å². The minimum absolute atomic E-state index is 0.219. The number of halogens is 1. The maximum atomic E-state index is 11.4. The first-order valence-electron chi connectivity index (χ1n) is 4.57. The average Bonchev–Trinajstić information content (AvgIpc) is 2.18. The van der Waals surface area contributed by atoms with E-state index in [0.29, 0.717) is 12.3 Å². The number of ether oxygens (including phenoxy) is 2. The number of hydrogen-bond acceptors (Lipinski definition) is 3. The van der Waals surface area contributed by atoms with Gasteiger partial charge >= 0.3 is 5.97 Å². The van der Waals surface area contributed by atoms with Gasteiger partial charge in [0, 0.05) is 5.88 Å². The van der Waals surface area contributed by atoms with Crippen LogP contribution in [0.2, 0.25) is 0 Å². The fourth-order valence-electron chi connectivity index (χ4n) is 1.24. The molecule has 0 spiro atoms. The Bertz CT molecular complexity index is 182. The van der Waals surface area contributed by atoms with Crippen LogP contribution in [0.15, 0.2) is 12.8 Å². The molecule has 0 fully saturated rings. The zero-order valence-electron chi connectivity index (χ0n) is 8.66. The molecule has 0 heterocycles. The zero-order chi connectivity index (χ0) is 11.0. The molecule has 0 aliphatic rings. The molecule has 0 N–H and O–H groups in total. The summed E-state index contributed by atoms with van der Waals surface area (Å²) in [6, 6.07) is 0. The van der Waals surface area contributed by atoms with Crippen molar-refractivity contribution in [1.29, 1.82) is 0 Å². The first-order valence-corrected chi connectivity index (χ1v) is 5.11. The molecule has 0 bridgehead atoms. The van der Waals surface area contributed by atoms with Crippen LogP contribution in [-0.2, 0) is 14.3 Å². The van der Waals surface area contributed by atoms with Crippen molar-refractivity contribution in [1.82, 2.24) is 0 Å². The van der Waals surface area contributed by atoms with Crippen molar-refractivity contribution in [3.63, 3.8) is 0 Å². The molecule has 0 aromatic heterocycles. The first-order chi connectivity index (χ1) is 6.67. The lowest BCUT2D eigenvalue weighted by Gasteiger charge is -2.20. The van der Waals surface area contributed by atoms with Crippen molar-refractivity contribution >= 4 is 17.6 Å². The average molecular weight is 221 g/mol. The molecule has 0 aromatic carbocycles. The van der Waals surface area contributed by atoms with Crippen molar-refractivity contribution in [3.8, 4) is 0 Å². The largest absolute Gasteiger partial charge is 0.498 e. The fraction of sp³-hybridized carbons (Fsp3) is 0.700. The third kappa shape index (κ3) is 4.51. The second-order valence-electron chi connectivity index (χ2n) is 2.97. The summed E-state index contributed by atoms with van der Waals surface area (Å²) in [5.41, 5.74) is 0. The topological polar surface area (TPSA) is 35.5 Å². The van der Waals surface area contributed by atoms with E-state index < -0.39 is 0 Å². The second-order valence-corrected chi connectivity index (χ2v) is 3.35. The van der Waals surface area contributed by atoms with E-state index in [1.165, 1.54) is 13.4 Å². The molecule has 14 heavy (non-hydrogen) atoms. The highest BCUT2D eigenvalue weighted by Gasteiger charge is 2.26. The minimum atomic E-state index is -0.267. The highest BCUT2D eigenvalue weighted by Crippen LogP contribution is 2.16. The number of rotatable bonds is 7. The van der Waals surface area contributed by atoms with E-state index in [2.05, 4.69) is 11.3 Å². The first kappa shape index (κ1) is 13.3. The molecule has 0 radical (unpaired) electrons. The summed E-state index contributed by atoms with van der Waals surface area (Å²) >= 11 is 5.56.